The summed E-state index contributed by atoms with van der Waals surface area (Å²) in [6.07, 6.45) is 1.83. The van der Waals surface area contributed by atoms with Crippen LogP contribution < -0.4 is 20.6 Å². The molecule has 4 nitrogen and oxygen atoms in total. The summed E-state index contributed by atoms with van der Waals surface area (Å²) in [5.74, 6) is 0.834. The predicted molar refractivity (Wildman–Crippen MR) is 109 cm³/mol. The molecule has 3 aromatic rings. The zero-order valence-electron chi connectivity index (χ0n) is 14.2. The van der Waals surface area contributed by atoms with Gasteiger partial charge < -0.3 is 10.1 Å². The Hall–Kier alpha value is -3.18. The van der Waals surface area contributed by atoms with Gasteiger partial charge in [-0.25, -0.2) is 0 Å². The Labute approximate surface area is 158 Å². The van der Waals surface area contributed by atoms with Crippen LogP contribution >= 0.6 is 12.2 Å². The van der Waals surface area contributed by atoms with Crippen LogP contribution in [-0.4, -0.2) is 11.3 Å². The van der Waals surface area contributed by atoms with Crippen molar-refractivity contribution in [2.45, 2.75) is 6.61 Å². The molecule has 0 heterocycles. The third kappa shape index (κ3) is 5.72. The highest BCUT2D eigenvalue weighted by atomic mass is 32.1. The highest BCUT2D eigenvalue weighted by molar-refractivity contribution is 7.80. The normalized spacial score (nSPS) is 10.5. The van der Waals surface area contributed by atoms with Gasteiger partial charge in [-0.1, -0.05) is 48.5 Å². The second kappa shape index (κ2) is 9.34. The lowest BCUT2D eigenvalue weighted by Gasteiger charge is -2.06. The van der Waals surface area contributed by atoms with Gasteiger partial charge in [-0.2, -0.15) is 0 Å². The highest BCUT2D eigenvalue weighted by Gasteiger charge is 1.99. The highest BCUT2D eigenvalue weighted by Crippen LogP contribution is 2.13. The molecule has 0 aliphatic rings. The summed E-state index contributed by atoms with van der Waals surface area (Å²) in [5, 5.41) is 6.56. The van der Waals surface area contributed by atoms with Gasteiger partial charge >= 0.3 is 0 Å². The number of hydrazone groups is 1. The first-order chi connectivity index (χ1) is 12.8. The molecule has 3 aromatic carbocycles. The molecular formula is C21H20N3OS+. The summed E-state index contributed by atoms with van der Waals surface area (Å²) in [4.78, 5) is 0. The van der Waals surface area contributed by atoms with E-state index in [0.717, 1.165) is 22.6 Å². The lowest BCUT2D eigenvalue weighted by molar-refractivity contribution is -0.499. The van der Waals surface area contributed by atoms with E-state index >= 15 is 0 Å². The molecule has 0 aliphatic carbocycles. The fraction of sp³-hybridized carbons (Fsp3) is 0.0476. The number of benzene rings is 3. The van der Waals surface area contributed by atoms with Gasteiger partial charge in [-0.15, -0.1) is 10.5 Å². The van der Waals surface area contributed by atoms with Crippen molar-refractivity contribution in [2.75, 3.05) is 5.32 Å². The molecule has 0 spiro atoms. The SMILES string of the molecule is S=C(N[NH+]=Cc1ccc(OCc2ccccc2)cc1)Nc1ccccc1. The molecule has 0 bridgehead atoms. The van der Waals surface area contributed by atoms with Gasteiger partial charge in [0, 0.05) is 11.3 Å². The number of nitrogens with one attached hydrogen (secondary N) is 3. The molecule has 0 atom stereocenters. The van der Waals surface area contributed by atoms with E-state index in [1.807, 2.05) is 91.1 Å². The average Bonchev–Trinajstić information content (AvgIpc) is 2.69. The van der Waals surface area contributed by atoms with E-state index in [1.165, 1.54) is 0 Å². The molecule has 0 aliphatic heterocycles. The molecular weight excluding hydrogens is 342 g/mol. The summed E-state index contributed by atoms with van der Waals surface area (Å²) < 4.78 is 5.78. The Balaban J connectivity index is 1.46. The van der Waals surface area contributed by atoms with E-state index < -0.39 is 0 Å². The van der Waals surface area contributed by atoms with Crippen LogP contribution in [-0.2, 0) is 6.61 Å². The third-order valence-corrected chi connectivity index (χ3v) is 3.79. The third-order valence-electron chi connectivity index (χ3n) is 3.58. The Morgan fingerprint density at radius 3 is 2.23 bits per heavy atom. The molecule has 0 amide bonds. The van der Waals surface area contributed by atoms with E-state index in [4.69, 9.17) is 17.0 Å². The molecule has 0 fully saturated rings. The van der Waals surface area contributed by atoms with E-state index in [1.54, 1.807) is 0 Å². The van der Waals surface area contributed by atoms with Crippen molar-refractivity contribution >= 4 is 29.2 Å². The molecule has 5 heteroatoms. The lowest BCUT2D eigenvalue weighted by Crippen LogP contribution is -2.82. The second-order valence-corrected chi connectivity index (χ2v) is 5.99. The first kappa shape index (κ1) is 17.6. The summed E-state index contributed by atoms with van der Waals surface area (Å²) >= 11 is 5.23. The largest absolute Gasteiger partial charge is 0.489 e. The number of rotatable bonds is 6. The van der Waals surface area contributed by atoms with Crippen molar-refractivity contribution in [2.24, 2.45) is 0 Å². The monoisotopic (exact) mass is 362 g/mol. The van der Waals surface area contributed by atoms with Gasteiger partial charge in [-0.3, -0.25) is 0 Å². The molecule has 3 N–H and O–H groups in total. The van der Waals surface area contributed by atoms with Crippen molar-refractivity contribution in [1.29, 1.82) is 0 Å². The molecule has 0 aromatic heterocycles. The Bertz CT molecular complexity index is 849. The maximum absolute atomic E-state index is 5.78. The Morgan fingerprint density at radius 1 is 0.885 bits per heavy atom. The zero-order valence-corrected chi connectivity index (χ0v) is 15.0. The second-order valence-electron chi connectivity index (χ2n) is 5.58. The number of anilines is 1. The smallest absolute Gasteiger partial charge is 0.228 e. The van der Waals surface area contributed by atoms with E-state index in [2.05, 4.69) is 15.8 Å². The van der Waals surface area contributed by atoms with Gasteiger partial charge in [0.25, 0.3) is 0 Å². The van der Waals surface area contributed by atoms with Gasteiger partial charge in [0.2, 0.25) is 5.11 Å². The van der Waals surface area contributed by atoms with Crippen LogP contribution in [0.1, 0.15) is 11.1 Å². The lowest BCUT2D eigenvalue weighted by atomic mass is 10.2. The van der Waals surface area contributed by atoms with Crippen molar-refractivity contribution in [3.8, 4) is 5.75 Å². The first-order valence-electron chi connectivity index (χ1n) is 8.27. The van der Waals surface area contributed by atoms with Crippen molar-refractivity contribution in [3.05, 3.63) is 96.1 Å². The van der Waals surface area contributed by atoms with Crippen LogP contribution in [0.25, 0.3) is 0 Å². The van der Waals surface area contributed by atoms with Crippen LogP contribution in [0.5, 0.6) is 5.75 Å². The summed E-state index contributed by atoms with van der Waals surface area (Å²) in [5.41, 5.74) is 6.01. The molecule has 0 saturated heterocycles. The zero-order chi connectivity index (χ0) is 18.0. The minimum atomic E-state index is 0.496. The molecule has 0 unspecified atom stereocenters. The maximum atomic E-state index is 5.78. The quantitative estimate of drug-likeness (QED) is 0.358. The first-order valence-corrected chi connectivity index (χ1v) is 8.68. The molecule has 0 saturated carbocycles. The molecule has 26 heavy (non-hydrogen) atoms. The van der Waals surface area contributed by atoms with E-state index in [-0.39, 0.29) is 0 Å². The number of thiocarbonyl (C=S) groups is 1. The van der Waals surface area contributed by atoms with Crippen molar-refractivity contribution in [3.63, 3.8) is 0 Å². The molecule has 3 rings (SSSR count). The summed E-state index contributed by atoms with van der Waals surface area (Å²) in [7, 11) is 0. The van der Waals surface area contributed by atoms with Crippen LogP contribution in [0, 0.1) is 0 Å². The van der Waals surface area contributed by atoms with Crippen LogP contribution in [0.4, 0.5) is 5.69 Å². The number of ether oxygens (including phenoxy) is 1. The van der Waals surface area contributed by atoms with E-state index in [9.17, 15) is 0 Å². The van der Waals surface area contributed by atoms with Gasteiger partial charge in [-0.05, 0) is 54.2 Å². The fourth-order valence-corrected chi connectivity index (χ4v) is 2.45. The van der Waals surface area contributed by atoms with Crippen LogP contribution in [0.3, 0.4) is 0 Å². The van der Waals surface area contributed by atoms with Gasteiger partial charge in [0.05, 0.1) is 0 Å². The average molecular weight is 362 g/mol. The molecule has 0 radical (unpaired) electrons. The minimum Gasteiger partial charge on any atom is -0.489 e. The van der Waals surface area contributed by atoms with Gasteiger partial charge in [0.1, 0.15) is 12.4 Å². The summed E-state index contributed by atoms with van der Waals surface area (Å²) in [6, 6.07) is 27.7. The topological polar surface area (TPSA) is 47.3 Å². The Morgan fingerprint density at radius 2 is 1.54 bits per heavy atom. The van der Waals surface area contributed by atoms with Crippen LogP contribution in [0.2, 0.25) is 0 Å². The van der Waals surface area contributed by atoms with E-state index in [0.29, 0.717) is 11.7 Å². The number of para-hydroxylation sites is 1. The van der Waals surface area contributed by atoms with Crippen molar-refractivity contribution in [1.82, 2.24) is 5.43 Å². The summed E-state index contributed by atoms with van der Waals surface area (Å²) in [6.45, 7) is 0.559. The number of hydrogen-bond donors (Lipinski definition) is 3. The van der Waals surface area contributed by atoms with Gasteiger partial charge in [0.15, 0.2) is 6.21 Å². The standard InChI is InChI=1S/C21H19N3OS/c26-21(23-19-9-5-2-6-10-19)24-22-15-17-11-13-20(14-12-17)25-16-18-7-3-1-4-8-18/h1-15H,16H2,(H2,23,24,26)/p+1. The van der Waals surface area contributed by atoms with Crippen molar-refractivity contribution < 1.29 is 9.84 Å². The number of hydrazine groups is 1. The Kier molecular flexibility index (Phi) is 6.34. The van der Waals surface area contributed by atoms with Crippen LogP contribution in [0.15, 0.2) is 84.9 Å². The molecule has 130 valence electrons. The minimum absolute atomic E-state index is 0.496. The number of hydrogen-bond acceptors (Lipinski definition) is 2. The maximum Gasteiger partial charge on any atom is 0.228 e. The predicted octanol–water partition coefficient (Wildman–Crippen LogP) is 2.67. The fourth-order valence-electron chi connectivity index (χ4n) is 2.27.